The second kappa shape index (κ2) is 6.48. The van der Waals surface area contributed by atoms with Gasteiger partial charge >= 0.3 is 0 Å². The number of anilines is 2. The highest BCUT2D eigenvalue weighted by molar-refractivity contribution is 7.00. The minimum Gasteiger partial charge on any atom is -0.345 e. The highest BCUT2D eigenvalue weighted by Crippen LogP contribution is 2.37. The van der Waals surface area contributed by atoms with Crippen LogP contribution in [0, 0.1) is 13.8 Å². The molecule has 0 N–H and O–H groups in total. The molecule has 0 bridgehead atoms. The lowest BCUT2D eigenvalue weighted by atomic mass is 9.34. The van der Waals surface area contributed by atoms with Gasteiger partial charge in [0.05, 0.1) is 5.52 Å². The normalized spacial score (nSPS) is 13.5. The molecule has 0 aliphatic carbocycles. The van der Waals surface area contributed by atoms with Crippen molar-refractivity contribution in [1.29, 1.82) is 0 Å². The molecule has 8 rings (SSSR count). The number of rotatable bonds is 1. The van der Waals surface area contributed by atoms with Crippen molar-refractivity contribution >= 4 is 56.3 Å². The summed E-state index contributed by atoms with van der Waals surface area (Å²) >= 11 is 0. The van der Waals surface area contributed by atoms with Crippen LogP contribution in [-0.2, 0) is 0 Å². The molecule has 0 saturated heterocycles. The van der Waals surface area contributed by atoms with Gasteiger partial charge in [-0.05, 0) is 71.5 Å². The zero-order valence-corrected chi connectivity index (χ0v) is 20.1. The lowest BCUT2D eigenvalue weighted by molar-refractivity contribution is 1.03. The summed E-state index contributed by atoms with van der Waals surface area (Å²) in [6.45, 7) is 4.76. The molecule has 4 aromatic carbocycles. The minimum absolute atomic E-state index is 0.229. The van der Waals surface area contributed by atoms with Gasteiger partial charge in [0.1, 0.15) is 0 Å². The van der Waals surface area contributed by atoms with Gasteiger partial charge in [0.15, 0.2) is 0 Å². The average molecular weight is 449 g/mol. The number of benzene rings is 4. The van der Waals surface area contributed by atoms with E-state index in [1.807, 2.05) is 0 Å². The van der Waals surface area contributed by atoms with E-state index < -0.39 is 0 Å². The zero-order valence-electron chi connectivity index (χ0n) is 20.1. The van der Waals surface area contributed by atoms with Crippen LogP contribution in [0.2, 0.25) is 0 Å². The van der Waals surface area contributed by atoms with E-state index in [4.69, 9.17) is 0 Å². The summed E-state index contributed by atoms with van der Waals surface area (Å²) in [5, 5.41) is 2.62. The van der Waals surface area contributed by atoms with Crippen LogP contribution in [0.5, 0.6) is 0 Å². The van der Waals surface area contributed by atoms with Crippen LogP contribution in [-0.4, -0.2) is 22.9 Å². The van der Waals surface area contributed by atoms with E-state index in [2.05, 4.69) is 126 Å². The van der Waals surface area contributed by atoms with Crippen molar-refractivity contribution in [2.45, 2.75) is 13.8 Å². The topological polar surface area (TPSA) is 13.1 Å². The summed E-state index contributed by atoms with van der Waals surface area (Å²) in [4.78, 5) is 2.39. The Kier molecular flexibility index (Phi) is 3.55. The Balaban J connectivity index is 1.55. The van der Waals surface area contributed by atoms with Crippen molar-refractivity contribution in [3.63, 3.8) is 0 Å². The first kappa shape index (κ1) is 19.2. The van der Waals surface area contributed by atoms with E-state index in [1.54, 1.807) is 0 Å². The van der Waals surface area contributed by atoms with E-state index in [9.17, 15) is 0 Å². The Morgan fingerprint density at radius 1 is 0.714 bits per heavy atom. The molecular weight excluding hydrogens is 425 g/mol. The van der Waals surface area contributed by atoms with Crippen molar-refractivity contribution in [3.05, 3.63) is 102 Å². The second-order valence-electron chi connectivity index (χ2n) is 9.98. The fraction of sp³-hybridized carbons (Fsp3) is 0.0968. The molecular formula is C31H24BN3. The number of aryl methyl sites for hydroxylation is 1. The summed E-state index contributed by atoms with van der Waals surface area (Å²) in [5.41, 5.74) is 14.6. The van der Waals surface area contributed by atoms with E-state index in [0.29, 0.717) is 0 Å². The highest BCUT2D eigenvalue weighted by Gasteiger charge is 2.40. The van der Waals surface area contributed by atoms with E-state index in [-0.39, 0.29) is 6.71 Å². The minimum atomic E-state index is 0.229. The van der Waals surface area contributed by atoms with Gasteiger partial charge in [-0.1, -0.05) is 54.6 Å². The largest absolute Gasteiger partial charge is 0.345 e. The predicted molar refractivity (Wildman–Crippen MR) is 149 cm³/mol. The van der Waals surface area contributed by atoms with Gasteiger partial charge in [0.25, 0.3) is 6.71 Å². The standard InChI is InChI=1S/C31H24BN3/c1-19-20(2)35-29-18-22(34-16-15-21-9-4-6-13-26(21)34)17-28-30(29)32(25-12-8-10-23(19)31(25)35)24-11-5-7-14-27(24)33(28)3/h4-18H,1-3H3. The maximum atomic E-state index is 2.52. The van der Waals surface area contributed by atoms with Crippen LogP contribution < -0.4 is 21.3 Å². The highest BCUT2D eigenvalue weighted by atomic mass is 15.1. The number of fused-ring (bicyclic) bond motifs is 5. The summed E-state index contributed by atoms with van der Waals surface area (Å²) in [5.74, 6) is 0. The van der Waals surface area contributed by atoms with Crippen LogP contribution in [0.15, 0.2) is 91.1 Å². The molecule has 35 heavy (non-hydrogen) atoms. The molecule has 6 aromatic rings. The molecule has 0 atom stereocenters. The molecule has 4 heteroatoms. The Morgan fingerprint density at radius 3 is 2.40 bits per heavy atom. The van der Waals surface area contributed by atoms with Gasteiger partial charge in [-0.15, -0.1) is 0 Å². The molecule has 2 aliphatic rings. The van der Waals surface area contributed by atoms with Gasteiger partial charge in [-0.2, -0.15) is 0 Å². The first-order chi connectivity index (χ1) is 17.1. The van der Waals surface area contributed by atoms with Crippen LogP contribution in [0.4, 0.5) is 11.4 Å². The number of hydrogen-bond acceptors (Lipinski definition) is 1. The van der Waals surface area contributed by atoms with Gasteiger partial charge in [0.2, 0.25) is 0 Å². The Bertz CT molecular complexity index is 1860. The first-order valence-corrected chi connectivity index (χ1v) is 12.3. The third-order valence-corrected chi connectivity index (χ3v) is 8.38. The number of nitrogens with zero attached hydrogens (tertiary/aromatic N) is 3. The van der Waals surface area contributed by atoms with E-state index in [1.165, 1.54) is 72.2 Å². The summed E-state index contributed by atoms with van der Waals surface area (Å²) < 4.78 is 4.85. The molecule has 2 aromatic heterocycles. The van der Waals surface area contributed by atoms with Crippen LogP contribution in [0.3, 0.4) is 0 Å². The molecule has 4 heterocycles. The third-order valence-electron chi connectivity index (χ3n) is 8.38. The summed E-state index contributed by atoms with van der Waals surface area (Å²) in [6.07, 6.45) is 2.20. The van der Waals surface area contributed by atoms with Crippen LogP contribution >= 0.6 is 0 Å². The molecule has 0 fully saturated rings. The quantitative estimate of drug-likeness (QED) is 0.318. The number of hydrogen-bond donors (Lipinski definition) is 0. The molecule has 0 unspecified atom stereocenters. The van der Waals surface area contributed by atoms with Crippen molar-refractivity contribution < 1.29 is 0 Å². The molecule has 3 nitrogen and oxygen atoms in total. The van der Waals surface area contributed by atoms with Crippen molar-refractivity contribution in [3.8, 4) is 11.4 Å². The zero-order chi connectivity index (χ0) is 23.4. The van der Waals surface area contributed by atoms with E-state index in [0.717, 1.165) is 0 Å². The van der Waals surface area contributed by atoms with Gasteiger partial charge in [-0.3, -0.25) is 0 Å². The van der Waals surface area contributed by atoms with Gasteiger partial charge in [0, 0.05) is 52.6 Å². The average Bonchev–Trinajstić information content (AvgIpc) is 3.44. The second-order valence-corrected chi connectivity index (χ2v) is 9.98. The maximum Gasteiger partial charge on any atom is 0.252 e. The van der Waals surface area contributed by atoms with Gasteiger partial charge in [-0.25, -0.2) is 0 Å². The molecule has 0 spiro atoms. The van der Waals surface area contributed by atoms with Crippen molar-refractivity contribution in [1.82, 2.24) is 9.13 Å². The molecule has 0 amide bonds. The van der Waals surface area contributed by atoms with Gasteiger partial charge < -0.3 is 14.0 Å². The van der Waals surface area contributed by atoms with Crippen molar-refractivity contribution in [2.75, 3.05) is 11.9 Å². The lowest BCUT2D eigenvalue weighted by Gasteiger charge is -2.39. The number of aromatic nitrogens is 2. The van der Waals surface area contributed by atoms with Crippen LogP contribution in [0.25, 0.3) is 33.2 Å². The fourth-order valence-electron chi connectivity index (χ4n) is 6.64. The summed E-state index contributed by atoms with van der Waals surface area (Å²) in [6, 6.07) is 31.4. The lowest BCUT2D eigenvalue weighted by Crippen LogP contribution is -2.60. The maximum absolute atomic E-state index is 2.52. The Labute approximate surface area is 204 Å². The fourth-order valence-corrected chi connectivity index (χ4v) is 6.64. The molecule has 0 saturated carbocycles. The molecule has 2 aliphatic heterocycles. The monoisotopic (exact) mass is 449 g/mol. The third kappa shape index (κ3) is 2.27. The predicted octanol–water partition coefficient (Wildman–Crippen LogP) is 5.10. The molecule has 166 valence electrons. The smallest absolute Gasteiger partial charge is 0.252 e. The van der Waals surface area contributed by atoms with Crippen LogP contribution in [0.1, 0.15) is 11.3 Å². The van der Waals surface area contributed by atoms with E-state index >= 15 is 0 Å². The Hall–Kier alpha value is -4.18. The van der Waals surface area contributed by atoms with Crippen molar-refractivity contribution in [2.24, 2.45) is 0 Å². The SMILES string of the molecule is Cc1c(C)n2c3c(cccc13)B1c3ccccc3N(C)c3cc(-n4ccc5ccccc54)cc-2c31. The number of para-hydroxylation sites is 3. The Morgan fingerprint density at radius 2 is 1.49 bits per heavy atom. The summed E-state index contributed by atoms with van der Waals surface area (Å²) in [7, 11) is 2.21. The molecule has 0 radical (unpaired) electrons. The first-order valence-electron chi connectivity index (χ1n) is 12.3.